The molecule has 2 aromatic rings. The molecule has 1 saturated carbocycles. The third-order valence-corrected chi connectivity index (χ3v) is 6.12. The van der Waals surface area contributed by atoms with Crippen LogP contribution in [-0.2, 0) is 0 Å². The number of carbonyl (C=O) groups is 1. The van der Waals surface area contributed by atoms with Crippen LogP contribution >= 0.6 is 11.3 Å². The molecule has 1 N–H and O–H groups in total. The molecule has 2 aromatic heterocycles. The highest BCUT2D eigenvalue weighted by Crippen LogP contribution is 2.23. The summed E-state index contributed by atoms with van der Waals surface area (Å²) >= 11 is 1.56. The van der Waals surface area contributed by atoms with Gasteiger partial charge in [0.15, 0.2) is 0 Å². The maximum absolute atomic E-state index is 12.5. The van der Waals surface area contributed by atoms with Gasteiger partial charge in [-0.3, -0.25) is 4.79 Å². The molecule has 6 nitrogen and oxygen atoms in total. The van der Waals surface area contributed by atoms with Gasteiger partial charge in [0.2, 0.25) is 5.95 Å². The SMILES string of the molecule is Cc1cc(N2CCN(C(=O)c3ccsc3)CC2)nc(NC2CCCCC2)n1. The molecule has 1 amide bonds. The topological polar surface area (TPSA) is 61.4 Å². The lowest BCUT2D eigenvalue weighted by Gasteiger charge is -2.35. The molecule has 0 aromatic carbocycles. The van der Waals surface area contributed by atoms with Gasteiger partial charge in [-0.2, -0.15) is 16.3 Å². The molecular weight excluding hydrogens is 358 g/mol. The maximum atomic E-state index is 12.5. The summed E-state index contributed by atoms with van der Waals surface area (Å²) in [6.07, 6.45) is 6.32. The second-order valence-electron chi connectivity index (χ2n) is 7.46. The van der Waals surface area contributed by atoms with E-state index < -0.39 is 0 Å². The molecule has 144 valence electrons. The summed E-state index contributed by atoms with van der Waals surface area (Å²) in [4.78, 5) is 26.1. The summed E-state index contributed by atoms with van der Waals surface area (Å²) in [5, 5.41) is 7.41. The summed E-state index contributed by atoms with van der Waals surface area (Å²) < 4.78 is 0. The molecular formula is C20H27N5OS. The van der Waals surface area contributed by atoms with Crippen LogP contribution in [0.3, 0.4) is 0 Å². The van der Waals surface area contributed by atoms with E-state index in [1.807, 2.05) is 34.7 Å². The van der Waals surface area contributed by atoms with E-state index in [1.165, 1.54) is 32.1 Å². The van der Waals surface area contributed by atoms with Gasteiger partial charge >= 0.3 is 0 Å². The lowest BCUT2D eigenvalue weighted by Crippen LogP contribution is -2.49. The molecule has 0 radical (unpaired) electrons. The van der Waals surface area contributed by atoms with Crippen LogP contribution in [-0.4, -0.2) is 53.0 Å². The predicted octanol–water partition coefficient (Wildman–Crippen LogP) is 3.55. The van der Waals surface area contributed by atoms with Crippen LogP contribution in [0.5, 0.6) is 0 Å². The number of rotatable bonds is 4. The molecule has 1 saturated heterocycles. The third-order valence-electron chi connectivity index (χ3n) is 5.44. The van der Waals surface area contributed by atoms with Crippen LogP contribution in [0.2, 0.25) is 0 Å². The normalized spacial score (nSPS) is 18.6. The van der Waals surface area contributed by atoms with E-state index in [0.29, 0.717) is 6.04 Å². The molecule has 2 aliphatic rings. The average molecular weight is 386 g/mol. The number of nitrogens with zero attached hydrogens (tertiary/aromatic N) is 4. The Morgan fingerprint density at radius 2 is 1.93 bits per heavy atom. The Labute approximate surface area is 164 Å². The number of amides is 1. The maximum Gasteiger partial charge on any atom is 0.254 e. The number of anilines is 2. The van der Waals surface area contributed by atoms with Gasteiger partial charge in [-0.05, 0) is 31.2 Å². The number of aryl methyl sites for hydroxylation is 1. The quantitative estimate of drug-likeness (QED) is 0.872. The Bertz CT molecular complexity index is 765. The zero-order valence-electron chi connectivity index (χ0n) is 15.9. The highest BCUT2D eigenvalue weighted by Gasteiger charge is 2.24. The standard InChI is InChI=1S/C20H27N5OS/c1-15-13-18(23-20(21-15)22-17-5-3-2-4-6-17)24-8-10-25(11-9-24)19(26)16-7-12-27-14-16/h7,12-14,17H,2-6,8-11H2,1H3,(H,21,22,23). The van der Waals surface area contributed by atoms with Crippen molar-refractivity contribution in [2.24, 2.45) is 0 Å². The Morgan fingerprint density at radius 3 is 2.63 bits per heavy atom. The van der Waals surface area contributed by atoms with Gasteiger partial charge in [0.05, 0.1) is 5.56 Å². The monoisotopic (exact) mass is 385 g/mol. The van der Waals surface area contributed by atoms with Gasteiger partial charge in [-0.1, -0.05) is 19.3 Å². The molecule has 1 aliphatic heterocycles. The van der Waals surface area contributed by atoms with Crippen molar-refractivity contribution < 1.29 is 4.79 Å². The van der Waals surface area contributed by atoms with E-state index >= 15 is 0 Å². The summed E-state index contributed by atoms with van der Waals surface area (Å²) in [5.74, 6) is 1.84. The number of hydrogen-bond acceptors (Lipinski definition) is 6. The van der Waals surface area contributed by atoms with E-state index in [1.54, 1.807) is 11.3 Å². The Balaban J connectivity index is 1.39. The van der Waals surface area contributed by atoms with Crippen LogP contribution in [0.1, 0.15) is 48.2 Å². The first-order valence-electron chi connectivity index (χ1n) is 9.88. The number of thiophene rings is 1. The second kappa shape index (κ2) is 8.25. The Kier molecular flexibility index (Phi) is 5.57. The highest BCUT2D eigenvalue weighted by molar-refractivity contribution is 7.08. The fourth-order valence-electron chi connectivity index (χ4n) is 3.92. The zero-order chi connectivity index (χ0) is 18.6. The predicted molar refractivity (Wildman–Crippen MR) is 110 cm³/mol. The van der Waals surface area contributed by atoms with Crippen molar-refractivity contribution in [3.05, 3.63) is 34.2 Å². The first-order chi connectivity index (χ1) is 13.2. The average Bonchev–Trinajstić information content (AvgIpc) is 3.23. The van der Waals surface area contributed by atoms with Crippen molar-refractivity contribution in [3.63, 3.8) is 0 Å². The first-order valence-corrected chi connectivity index (χ1v) is 10.8. The minimum absolute atomic E-state index is 0.134. The van der Waals surface area contributed by atoms with Crippen molar-refractivity contribution in [1.82, 2.24) is 14.9 Å². The Hall–Kier alpha value is -2.15. The molecule has 0 unspecified atom stereocenters. The number of hydrogen-bond donors (Lipinski definition) is 1. The van der Waals surface area contributed by atoms with E-state index in [9.17, 15) is 4.79 Å². The molecule has 0 bridgehead atoms. The number of carbonyl (C=O) groups excluding carboxylic acids is 1. The molecule has 2 fully saturated rings. The van der Waals surface area contributed by atoms with Gasteiger partial charge < -0.3 is 15.1 Å². The fourth-order valence-corrected chi connectivity index (χ4v) is 4.55. The number of aromatic nitrogens is 2. The van der Waals surface area contributed by atoms with Gasteiger partial charge in [0, 0.05) is 49.4 Å². The molecule has 4 rings (SSSR count). The summed E-state index contributed by atoms with van der Waals surface area (Å²) in [6, 6.07) is 4.44. The minimum atomic E-state index is 0.134. The van der Waals surface area contributed by atoms with Crippen LogP contribution in [0.4, 0.5) is 11.8 Å². The van der Waals surface area contributed by atoms with E-state index in [-0.39, 0.29) is 5.91 Å². The van der Waals surface area contributed by atoms with Crippen LogP contribution in [0.25, 0.3) is 0 Å². The molecule has 27 heavy (non-hydrogen) atoms. The highest BCUT2D eigenvalue weighted by atomic mass is 32.1. The third kappa shape index (κ3) is 4.40. The number of piperazine rings is 1. The lowest BCUT2D eigenvalue weighted by atomic mass is 9.96. The van der Waals surface area contributed by atoms with Gasteiger partial charge in [0.1, 0.15) is 5.82 Å². The summed E-state index contributed by atoms with van der Waals surface area (Å²) in [5.41, 5.74) is 1.78. The molecule has 3 heterocycles. The smallest absolute Gasteiger partial charge is 0.254 e. The Morgan fingerprint density at radius 1 is 1.15 bits per heavy atom. The van der Waals surface area contributed by atoms with E-state index in [4.69, 9.17) is 4.98 Å². The fraction of sp³-hybridized carbons (Fsp3) is 0.550. The van der Waals surface area contributed by atoms with Gasteiger partial charge in [0.25, 0.3) is 5.91 Å². The first kappa shape index (κ1) is 18.2. The van der Waals surface area contributed by atoms with Gasteiger partial charge in [-0.15, -0.1) is 0 Å². The summed E-state index contributed by atoms with van der Waals surface area (Å²) in [6.45, 7) is 5.07. The van der Waals surface area contributed by atoms with Crippen molar-refractivity contribution in [2.45, 2.75) is 45.1 Å². The second-order valence-corrected chi connectivity index (χ2v) is 8.24. The van der Waals surface area contributed by atoms with Crippen molar-refractivity contribution in [2.75, 3.05) is 36.4 Å². The molecule has 0 atom stereocenters. The molecule has 0 spiro atoms. The molecule has 1 aliphatic carbocycles. The van der Waals surface area contributed by atoms with Gasteiger partial charge in [-0.25, -0.2) is 4.98 Å². The van der Waals surface area contributed by atoms with Crippen molar-refractivity contribution in [3.8, 4) is 0 Å². The largest absolute Gasteiger partial charge is 0.353 e. The van der Waals surface area contributed by atoms with E-state index in [2.05, 4.69) is 15.2 Å². The zero-order valence-corrected chi connectivity index (χ0v) is 16.7. The summed E-state index contributed by atoms with van der Waals surface area (Å²) in [7, 11) is 0. The number of nitrogens with one attached hydrogen (secondary N) is 1. The van der Waals surface area contributed by atoms with Crippen LogP contribution in [0, 0.1) is 6.92 Å². The van der Waals surface area contributed by atoms with Crippen molar-refractivity contribution in [1.29, 1.82) is 0 Å². The lowest BCUT2D eigenvalue weighted by molar-refractivity contribution is 0.0747. The minimum Gasteiger partial charge on any atom is -0.353 e. The van der Waals surface area contributed by atoms with E-state index in [0.717, 1.165) is 49.2 Å². The van der Waals surface area contributed by atoms with Crippen LogP contribution < -0.4 is 10.2 Å². The van der Waals surface area contributed by atoms with Crippen LogP contribution in [0.15, 0.2) is 22.9 Å². The van der Waals surface area contributed by atoms with Crippen molar-refractivity contribution >= 4 is 29.0 Å². The molecule has 7 heteroatoms.